The van der Waals surface area contributed by atoms with Crippen molar-refractivity contribution in [2.75, 3.05) is 13.7 Å². The highest BCUT2D eigenvalue weighted by atomic mass is 35.5. The highest BCUT2D eigenvalue weighted by Crippen LogP contribution is 2.23. The van der Waals surface area contributed by atoms with Crippen molar-refractivity contribution in [1.29, 1.82) is 0 Å². The molecule has 0 aliphatic heterocycles. The lowest BCUT2D eigenvalue weighted by atomic mass is 10.3. The van der Waals surface area contributed by atoms with E-state index in [1.807, 2.05) is 6.92 Å². The largest absolute Gasteiger partial charge is 0.471 e. The quantitative estimate of drug-likeness (QED) is 0.753. The lowest BCUT2D eigenvalue weighted by Gasteiger charge is -2.13. The van der Waals surface area contributed by atoms with Gasteiger partial charge in [-0.25, -0.2) is 4.98 Å². The molecular formula is C10H13Cl2NO2. The van der Waals surface area contributed by atoms with Crippen molar-refractivity contribution in [3.8, 4) is 5.88 Å². The molecule has 0 aromatic carbocycles. The Morgan fingerprint density at radius 2 is 2.27 bits per heavy atom. The maximum absolute atomic E-state index is 5.97. The van der Waals surface area contributed by atoms with Gasteiger partial charge in [0.15, 0.2) is 0 Å². The highest BCUT2D eigenvalue weighted by Gasteiger charge is 2.09. The fourth-order valence-electron chi connectivity index (χ4n) is 1.08. The standard InChI is InChI=1S/C10H13Cl2NO2/c1-7(6-14-2)15-10-9(12)3-8(4-11)5-13-10/h3,5,7H,4,6H2,1-2H3. The van der Waals surface area contributed by atoms with Crippen LogP contribution < -0.4 is 4.74 Å². The SMILES string of the molecule is COCC(C)Oc1ncc(CCl)cc1Cl. The van der Waals surface area contributed by atoms with Crippen LogP contribution in [-0.2, 0) is 10.6 Å². The van der Waals surface area contributed by atoms with Gasteiger partial charge in [-0.3, -0.25) is 0 Å². The molecule has 0 aliphatic carbocycles. The van der Waals surface area contributed by atoms with Crippen LogP contribution in [0.15, 0.2) is 12.3 Å². The van der Waals surface area contributed by atoms with Crippen molar-refractivity contribution in [2.45, 2.75) is 18.9 Å². The molecular weight excluding hydrogens is 237 g/mol. The van der Waals surface area contributed by atoms with Crippen LogP contribution in [-0.4, -0.2) is 24.8 Å². The van der Waals surface area contributed by atoms with E-state index in [1.54, 1.807) is 19.4 Å². The van der Waals surface area contributed by atoms with Crippen molar-refractivity contribution in [3.63, 3.8) is 0 Å². The number of hydrogen-bond acceptors (Lipinski definition) is 3. The van der Waals surface area contributed by atoms with E-state index >= 15 is 0 Å². The Kier molecular flexibility index (Phi) is 5.15. The maximum atomic E-state index is 5.97. The van der Waals surface area contributed by atoms with Gasteiger partial charge in [0.1, 0.15) is 11.1 Å². The van der Waals surface area contributed by atoms with E-state index in [0.717, 1.165) is 5.56 Å². The van der Waals surface area contributed by atoms with Crippen LogP contribution in [0.3, 0.4) is 0 Å². The average molecular weight is 250 g/mol. The molecule has 0 fully saturated rings. The van der Waals surface area contributed by atoms with Crippen LogP contribution in [0.5, 0.6) is 5.88 Å². The Morgan fingerprint density at radius 1 is 1.53 bits per heavy atom. The van der Waals surface area contributed by atoms with E-state index in [2.05, 4.69) is 4.98 Å². The molecule has 0 aliphatic rings. The number of alkyl halides is 1. The first-order valence-corrected chi connectivity index (χ1v) is 5.44. The summed E-state index contributed by atoms with van der Waals surface area (Å²) in [5, 5.41) is 0.469. The summed E-state index contributed by atoms with van der Waals surface area (Å²) in [6, 6.07) is 1.75. The smallest absolute Gasteiger partial charge is 0.232 e. The lowest BCUT2D eigenvalue weighted by molar-refractivity contribution is 0.0890. The Morgan fingerprint density at radius 3 is 2.80 bits per heavy atom. The highest BCUT2D eigenvalue weighted by molar-refractivity contribution is 6.32. The minimum Gasteiger partial charge on any atom is -0.471 e. The molecule has 1 heterocycles. The Hall–Kier alpha value is -0.510. The molecule has 3 nitrogen and oxygen atoms in total. The van der Waals surface area contributed by atoms with Gasteiger partial charge in [-0.2, -0.15) is 0 Å². The molecule has 0 radical (unpaired) electrons. The van der Waals surface area contributed by atoms with Crippen molar-refractivity contribution in [2.24, 2.45) is 0 Å². The third-order valence-electron chi connectivity index (χ3n) is 1.73. The molecule has 1 aromatic heterocycles. The summed E-state index contributed by atoms with van der Waals surface area (Å²) in [4.78, 5) is 4.08. The number of rotatable bonds is 5. The van der Waals surface area contributed by atoms with E-state index in [0.29, 0.717) is 23.4 Å². The Bertz CT molecular complexity index is 320. The zero-order chi connectivity index (χ0) is 11.3. The number of nitrogens with zero attached hydrogens (tertiary/aromatic N) is 1. The zero-order valence-corrected chi connectivity index (χ0v) is 10.2. The normalized spacial score (nSPS) is 12.5. The molecule has 1 atom stereocenters. The van der Waals surface area contributed by atoms with Crippen LogP contribution in [0.25, 0.3) is 0 Å². The van der Waals surface area contributed by atoms with Crippen LogP contribution in [0.4, 0.5) is 0 Å². The van der Waals surface area contributed by atoms with Gasteiger partial charge in [0, 0.05) is 19.2 Å². The first-order chi connectivity index (χ1) is 7.17. The second kappa shape index (κ2) is 6.16. The second-order valence-corrected chi connectivity index (χ2v) is 3.82. The predicted octanol–water partition coefficient (Wildman–Crippen LogP) is 2.89. The summed E-state index contributed by atoms with van der Waals surface area (Å²) >= 11 is 11.6. The summed E-state index contributed by atoms with van der Waals surface area (Å²) in [5.74, 6) is 0.802. The number of ether oxygens (including phenoxy) is 2. The maximum Gasteiger partial charge on any atom is 0.232 e. The molecule has 0 N–H and O–H groups in total. The lowest BCUT2D eigenvalue weighted by Crippen LogP contribution is -2.18. The number of hydrogen-bond donors (Lipinski definition) is 0. The molecule has 0 spiro atoms. The molecule has 1 rings (SSSR count). The Labute approximate surface area is 99.3 Å². The van der Waals surface area contributed by atoms with Crippen LogP contribution in [0.2, 0.25) is 5.02 Å². The fourth-order valence-corrected chi connectivity index (χ4v) is 1.46. The van der Waals surface area contributed by atoms with Crippen LogP contribution >= 0.6 is 23.2 Å². The van der Waals surface area contributed by atoms with E-state index < -0.39 is 0 Å². The number of pyridine rings is 1. The predicted molar refractivity (Wildman–Crippen MR) is 60.8 cm³/mol. The minimum absolute atomic E-state index is 0.0816. The van der Waals surface area contributed by atoms with Gasteiger partial charge in [-0.05, 0) is 18.6 Å². The molecule has 0 saturated carbocycles. The molecule has 84 valence electrons. The van der Waals surface area contributed by atoms with E-state index in [-0.39, 0.29) is 6.10 Å². The van der Waals surface area contributed by atoms with Crippen molar-refractivity contribution < 1.29 is 9.47 Å². The van der Waals surface area contributed by atoms with Gasteiger partial charge in [0.25, 0.3) is 0 Å². The molecule has 0 saturated heterocycles. The summed E-state index contributed by atoms with van der Waals surface area (Å²) in [5.41, 5.74) is 0.869. The van der Waals surface area contributed by atoms with Gasteiger partial charge in [-0.1, -0.05) is 11.6 Å². The van der Waals surface area contributed by atoms with Gasteiger partial charge in [-0.15, -0.1) is 11.6 Å². The Balaban J connectivity index is 2.69. The first kappa shape index (κ1) is 12.6. The molecule has 15 heavy (non-hydrogen) atoms. The average Bonchev–Trinajstić information content (AvgIpc) is 2.21. The summed E-state index contributed by atoms with van der Waals surface area (Å²) in [7, 11) is 1.62. The zero-order valence-electron chi connectivity index (χ0n) is 8.67. The summed E-state index contributed by atoms with van der Waals surface area (Å²) in [6.07, 6.45) is 1.56. The topological polar surface area (TPSA) is 31.4 Å². The van der Waals surface area contributed by atoms with Crippen molar-refractivity contribution in [1.82, 2.24) is 4.98 Å². The summed E-state index contributed by atoms with van der Waals surface area (Å²) < 4.78 is 10.4. The van der Waals surface area contributed by atoms with Gasteiger partial charge in [0.05, 0.1) is 6.61 Å². The fraction of sp³-hybridized carbons (Fsp3) is 0.500. The van der Waals surface area contributed by atoms with Crippen LogP contribution in [0.1, 0.15) is 12.5 Å². The summed E-state index contributed by atoms with van der Waals surface area (Å²) in [6.45, 7) is 2.38. The monoisotopic (exact) mass is 249 g/mol. The second-order valence-electron chi connectivity index (χ2n) is 3.15. The number of halogens is 2. The molecule has 0 bridgehead atoms. The van der Waals surface area contributed by atoms with Crippen molar-refractivity contribution >= 4 is 23.2 Å². The van der Waals surface area contributed by atoms with Gasteiger partial charge in [0.2, 0.25) is 5.88 Å². The number of methoxy groups -OCH3 is 1. The third-order valence-corrected chi connectivity index (χ3v) is 2.31. The molecule has 1 aromatic rings. The number of aromatic nitrogens is 1. The van der Waals surface area contributed by atoms with Crippen LogP contribution in [0, 0.1) is 0 Å². The first-order valence-electron chi connectivity index (χ1n) is 4.53. The van der Waals surface area contributed by atoms with Gasteiger partial charge >= 0.3 is 0 Å². The van der Waals surface area contributed by atoms with Crippen molar-refractivity contribution in [3.05, 3.63) is 22.8 Å². The van der Waals surface area contributed by atoms with E-state index in [4.69, 9.17) is 32.7 Å². The minimum atomic E-state index is -0.0816. The third kappa shape index (κ3) is 3.86. The molecule has 0 amide bonds. The molecule has 5 heteroatoms. The van der Waals surface area contributed by atoms with E-state index in [1.165, 1.54) is 0 Å². The van der Waals surface area contributed by atoms with Gasteiger partial charge < -0.3 is 9.47 Å². The molecule has 1 unspecified atom stereocenters. The van der Waals surface area contributed by atoms with E-state index in [9.17, 15) is 0 Å².